The summed E-state index contributed by atoms with van der Waals surface area (Å²) in [5, 5.41) is 10.6. The van der Waals surface area contributed by atoms with Crippen LogP contribution in [0, 0.1) is 4.77 Å². The molecule has 5 aromatic rings. The summed E-state index contributed by atoms with van der Waals surface area (Å²) in [6, 6.07) is 24.3. The van der Waals surface area contributed by atoms with Crippen molar-refractivity contribution in [1.29, 1.82) is 0 Å². The lowest BCUT2D eigenvalue weighted by atomic mass is 10.1. The number of hydrogen-bond donors (Lipinski definition) is 1. The third-order valence-corrected chi connectivity index (χ3v) is 6.42. The average molecular weight is 582 g/mol. The van der Waals surface area contributed by atoms with E-state index in [2.05, 4.69) is 47.2 Å². The number of nitrogens with zero attached hydrogens (tertiary/aromatic N) is 3. The largest absolute Gasteiger partial charge is 0.339 e. The summed E-state index contributed by atoms with van der Waals surface area (Å²) in [5.41, 5.74) is 1.63. The molecule has 6 nitrogen and oxygen atoms in total. The van der Waals surface area contributed by atoms with Gasteiger partial charge in [0, 0.05) is 14.2 Å². The van der Waals surface area contributed by atoms with Gasteiger partial charge in [0.05, 0.1) is 22.3 Å². The van der Waals surface area contributed by atoms with E-state index in [-0.39, 0.29) is 5.56 Å². The predicted molar refractivity (Wildman–Crippen MR) is 139 cm³/mol. The summed E-state index contributed by atoms with van der Waals surface area (Å²) < 4.78 is 3.29. The molecule has 33 heavy (non-hydrogen) atoms. The van der Waals surface area contributed by atoms with E-state index in [1.165, 1.54) is 4.57 Å². The first kappa shape index (κ1) is 21.7. The number of aromatic amines is 1. The van der Waals surface area contributed by atoms with Gasteiger partial charge in [-0.05, 0) is 87.5 Å². The molecule has 0 aliphatic carbocycles. The first-order valence-corrected chi connectivity index (χ1v) is 11.8. The minimum absolute atomic E-state index is 0.218. The first-order valence-electron chi connectivity index (χ1n) is 9.81. The van der Waals surface area contributed by atoms with Gasteiger partial charge in [-0.1, -0.05) is 46.3 Å². The van der Waals surface area contributed by atoms with Crippen LogP contribution in [0.2, 0.25) is 0 Å². The van der Waals surface area contributed by atoms with Gasteiger partial charge in [-0.3, -0.25) is 9.36 Å². The molecule has 0 saturated heterocycles. The van der Waals surface area contributed by atoms with Crippen molar-refractivity contribution in [2.45, 2.75) is 0 Å². The molecular weight excluding hydrogens is 568 g/mol. The molecule has 0 atom stereocenters. The normalized spacial score (nSPS) is 11.5. The van der Waals surface area contributed by atoms with E-state index in [1.54, 1.807) is 30.3 Å². The van der Waals surface area contributed by atoms with Crippen LogP contribution < -0.4 is 10.4 Å². The van der Waals surface area contributed by atoms with Crippen molar-refractivity contribution in [3.63, 3.8) is 0 Å². The molecule has 0 aliphatic heterocycles. The van der Waals surface area contributed by atoms with Gasteiger partial charge < -0.3 is 9.82 Å². The molecule has 0 saturated carbocycles. The summed E-state index contributed by atoms with van der Waals surface area (Å²) in [5.74, 6) is 0.598. The van der Waals surface area contributed by atoms with Crippen LogP contribution in [0.4, 0.5) is 5.69 Å². The number of nitrogens with one attached hydrogen (secondary N) is 1. The average Bonchev–Trinajstić information content (AvgIpc) is 2.81. The molecule has 0 radical (unpaired) electrons. The van der Waals surface area contributed by atoms with Gasteiger partial charge in [0.2, 0.25) is 0 Å². The highest BCUT2D eigenvalue weighted by molar-refractivity contribution is 9.11. The van der Waals surface area contributed by atoms with E-state index in [9.17, 15) is 4.79 Å². The minimum Gasteiger partial charge on any atom is -0.339 e. The maximum absolute atomic E-state index is 13.1. The first-order chi connectivity index (χ1) is 16.0. The lowest BCUT2D eigenvalue weighted by Crippen LogP contribution is -2.20. The molecule has 1 N–H and O–H groups in total. The maximum atomic E-state index is 13.1. The number of fused-ring (bicyclic) bond motifs is 2. The minimum atomic E-state index is -0.218. The Morgan fingerprint density at radius 2 is 1.67 bits per heavy atom. The fourth-order valence-corrected chi connectivity index (χ4v) is 5.10. The molecule has 0 unspecified atom stereocenters. The number of rotatable bonds is 4. The van der Waals surface area contributed by atoms with Crippen LogP contribution in [0.15, 0.2) is 103 Å². The fourth-order valence-electron chi connectivity index (χ4n) is 3.49. The summed E-state index contributed by atoms with van der Waals surface area (Å²) in [4.78, 5) is 21.7. The Hall–Kier alpha value is -3.14. The molecular formula is C24H14Br2N4O2S. The Bertz CT molecular complexity index is 1660. The van der Waals surface area contributed by atoms with Gasteiger partial charge in [-0.15, -0.1) is 5.11 Å². The highest BCUT2D eigenvalue weighted by Crippen LogP contribution is 2.26. The van der Waals surface area contributed by atoms with Gasteiger partial charge >= 0.3 is 0 Å². The second-order valence-electron chi connectivity index (χ2n) is 7.18. The summed E-state index contributed by atoms with van der Waals surface area (Å²) in [6.45, 7) is 0. The van der Waals surface area contributed by atoms with Crippen molar-refractivity contribution >= 4 is 71.4 Å². The van der Waals surface area contributed by atoms with Gasteiger partial charge in [0.1, 0.15) is 0 Å². The molecule has 0 bridgehead atoms. The van der Waals surface area contributed by atoms with E-state index >= 15 is 0 Å². The van der Waals surface area contributed by atoms with Crippen LogP contribution in [0.1, 0.15) is 0 Å². The van der Waals surface area contributed by atoms with Crippen molar-refractivity contribution in [3.8, 4) is 11.4 Å². The van der Waals surface area contributed by atoms with Crippen LogP contribution in [0.5, 0.6) is 5.75 Å². The number of benzene rings is 4. The number of aromatic nitrogens is 2. The van der Waals surface area contributed by atoms with E-state index < -0.39 is 0 Å². The van der Waals surface area contributed by atoms with Crippen LogP contribution in [0.25, 0.3) is 27.4 Å². The standard InChI is InChI=1S/C24H14Br2N4O2S/c25-16-12-20-22(21(26)13-16)27-24(33)30(23(20)31)18-8-6-17(7-9-18)28-29-32-19-10-5-14-3-1-2-4-15(14)11-19/h1-13H,(H,27,33). The predicted octanol–water partition coefficient (Wildman–Crippen LogP) is 7.80. The van der Waals surface area contributed by atoms with E-state index in [1.807, 2.05) is 48.5 Å². The van der Waals surface area contributed by atoms with E-state index in [0.29, 0.717) is 32.8 Å². The Morgan fingerprint density at radius 1 is 0.909 bits per heavy atom. The highest BCUT2D eigenvalue weighted by atomic mass is 79.9. The molecule has 1 heterocycles. The second-order valence-corrected chi connectivity index (χ2v) is 9.34. The second kappa shape index (κ2) is 9.01. The number of H-pyrrole nitrogens is 1. The number of halogens is 2. The maximum Gasteiger partial charge on any atom is 0.266 e. The summed E-state index contributed by atoms with van der Waals surface area (Å²) >= 11 is 12.3. The van der Waals surface area contributed by atoms with Crippen molar-refractivity contribution in [2.24, 2.45) is 10.4 Å². The monoisotopic (exact) mass is 580 g/mol. The van der Waals surface area contributed by atoms with Gasteiger partial charge in [-0.25, -0.2) is 0 Å². The zero-order chi connectivity index (χ0) is 22.9. The molecule has 0 fully saturated rings. The molecule has 0 spiro atoms. The lowest BCUT2D eigenvalue weighted by molar-refractivity contribution is 0.313. The Morgan fingerprint density at radius 3 is 2.45 bits per heavy atom. The fraction of sp³-hybridized carbons (Fsp3) is 0. The SMILES string of the molecule is O=c1c2cc(Br)cc(Br)c2[nH]c(=S)n1-c1ccc(N=NOc2ccc3ccccc3c2)cc1. The Balaban J connectivity index is 1.41. The molecule has 0 aliphatic rings. The number of hydrogen-bond acceptors (Lipinski definition) is 5. The Kier molecular flexibility index (Phi) is 5.92. The summed E-state index contributed by atoms with van der Waals surface area (Å²) in [6.07, 6.45) is 0. The van der Waals surface area contributed by atoms with Crippen molar-refractivity contribution < 1.29 is 4.84 Å². The van der Waals surface area contributed by atoms with Crippen molar-refractivity contribution in [3.05, 3.63) is 103 Å². The zero-order valence-corrected chi connectivity index (χ0v) is 20.8. The van der Waals surface area contributed by atoms with Crippen LogP contribution >= 0.6 is 44.1 Å². The highest BCUT2D eigenvalue weighted by Gasteiger charge is 2.11. The van der Waals surface area contributed by atoms with Crippen molar-refractivity contribution in [1.82, 2.24) is 9.55 Å². The van der Waals surface area contributed by atoms with E-state index in [0.717, 1.165) is 19.7 Å². The third-order valence-electron chi connectivity index (χ3n) is 5.05. The van der Waals surface area contributed by atoms with Gasteiger partial charge in [0.15, 0.2) is 10.5 Å². The zero-order valence-electron chi connectivity index (χ0n) is 16.8. The molecule has 5 rings (SSSR count). The molecule has 9 heteroatoms. The lowest BCUT2D eigenvalue weighted by Gasteiger charge is -2.09. The quantitative estimate of drug-likeness (QED) is 0.134. The molecule has 0 amide bonds. The van der Waals surface area contributed by atoms with Crippen LogP contribution in [-0.4, -0.2) is 9.55 Å². The van der Waals surface area contributed by atoms with Crippen LogP contribution in [0.3, 0.4) is 0 Å². The smallest absolute Gasteiger partial charge is 0.266 e. The van der Waals surface area contributed by atoms with Gasteiger partial charge in [-0.2, -0.15) is 0 Å². The topological polar surface area (TPSA) is 71.7 Å². The molecule has 1 aromatic heterocycles. The Labute approximate surface area is 209 Å². The molecule has 4 aromatic carbocycles. The van der Waals surface area contributed by atoms with Gasteiger partial charge in [0.25, 0.3) is 5.56 Å². The van der Waals surface area contributed by atoms with Crippen molar-refractivity contribution in [2.75, 3.05) is 0 Å². The van der Waals surface area contributed by atoms with E-state index in [4.69, 9.17) is 17.1 Å². The third kappa shape index (κ3) is 4.39. The van der Waals surface area contributed by atoms with Crippen LogP contribution in [-0.2, 0) is 0 Å². The molecule has 162 valence electrons. The summed E-state index contributed by atoms with van der Waals surface area (Å²) in [7, 11) is 0.